The molecular formula is C35H42N4O2S. The second kappa shape index (κ2) is 11.5. The van der Waals surface area contributed by atoms with E-state index in [-0.39, 0.29) is 11.3 Å². The monoisotopic (exact) mass is 582 g/mol. The third-order valence-corrected chi connectivity index (χ3v) is 11.2. The second-order valence-corrected chi connectivity index (χ2v) is 13.4. The van der Waals surface area contributed by atoms with Crippen molar-refractivity contribution >= 4 is 28.3 Å². The van der Waals surface area contributed by atoms with Crippen molar-refractivity contribution in [1.82, 2.24) is 19.4 Å². The lowest BCUT2D eigenvalue weighted by molar-refractivity contribution is 0.0608. The first-order valence-electron chi connectivity index (χ1n) is 15.8. The van der Waals surface area contributed by atoms with Crippen molar-refractivity contribution in [3.8, 4) is 5.75 Å². The molecule has 0 aliphatic carbocycles. The van der Waals surface area contributed by atoms with E-state index in [9.17, 15) is 4.79 Å². The van der Waals surface area contributed by atoms with Crippen LogP contribution in [0.1, 0.15) is 79.0 Å². The highest BCUT2D eigenvalue weighted by atomic mass is 32.1. The number of fused-ring (bicyclic) bond motifs is 3. The number of thiophene rings is 1. The second-order valence-electron chi connectivity index (χ2n) is 12.5. The lowest BCUT2D eigenvalue weighted by atomic mass is 9.70. The maximum absolute atomic E-state index is 13.5. The molecule has 2 aromatic carbocycles. The van der Waals surface area contributed by atoms with Crippen molar-refractivity contribution in [3.63, 3.8) is 0 Å². The van der Waals surface area contributed by atoms with Gasteiger partial charge in [0.1, 0.15) is 16.5 Å². The number of para-hydroxylation sites is 2. The maximum atomic E-state index is 13.5. The van der Waals surface area contributed by atoms with E-state index in [4.69, 9.17) is 9.72 Å². The molecule has 3 aliphatic rings. The number of ether oxygens (including phenoxy) is 1. The average molecular weight is 583 g/mol. The number of aromatic nitrogens is 2. The highest BCUT2D eigenvalue weighted by molar-refractivity contribution is 7.12. The van der Waals surface area contributed by atoms with Crippen LogP contribution in [0.15, 0.2) is 66.0 Å². The lowest BCUT2D eigenvalue weighted by Crippen LogP contribution is -2.49. The molecule has 5 heterocycles. The molecule has 4 aromatic rings. The molecule has 0 N–H and O–H groups in total. The van der Waals surface area contributed by atoms with Crippen LogP contribution in [-0.4, -0.2) is 63.6 Å². The van der Waals surface area contributed by atoms with Gasteiger partial charge in [-0.05, 0) is 99.9 Å². The summed E-state index contributed by atoms with van der Waals surface area (Å²) in [5.74, 6) is 2.00. The molecule has 220 valence electrons. The van der Waals surface area contributed by atoms with E-state index in [0.717, 1.165) is 60.9 Å². The molecule has 3 saturated heterocycles. The van der Waals surface area contributed by atoms with Crippen LogP contribution in [0.2, 0.25) is 0 Å². The first-order valence-corrected chi connectivity index (χ1v) is 16.7. The fourth-order valence-electron chi connectivity index (χ4n) is 8.27. The van der Waals surface area contributed by atoms with E-state index in [1.54, 1.807) is 0 Å². The number of imidazole rings is 1. The van der Waals surface area contributed by atoms with Gasteiger partial charge in [-0.3, -0.25) is 9.69 Å². The number of carbonyl (C=O) groups is 1. The molecule has 0 unspecified atom stereocenters. The number of hydrogen-bond acceptors (Lipinski definition) is 5. The number of aryl methyl sites for hydroxylation is 1. The van der Waals surface area contributed by atoms with Crippen molar-refractivity contribution in [2.45, 2.75) is 82.3 Å². The molecule has 7 heteroatoms. The Hall–Kier alpha value is -3.16. The minimum atomic E-state index is 0.101. The van der Waals surface area contributed by atoms with E-state index in [1.165, 1.54) is 48.1 Å². The van der Waals surface area contributed by atoms with Gasteiger partial charge in [-0.2, -0.15) is 0 Å². The minimum Gasteiger partial charge on any atom is -0.492 e. The van der Waals surface area contributed by atoms with Gasteiger partial charge >= 0.3 is 0 Å². The number of hydrogen-bond donors (Lipinski definition) is 0. The largest absolute Gasteiger partial charge is 0.492 e. The summed E-state index contributed by atoms with van der Waals surface area (Å²) in [6, 6.07) is 23.5. The highest BCUT2D eigenvalue weighted by Gasteiger charge is 2.44. The van der Waals surface area contributed by atoms with Crippen molar-refractivity contribution in [1.29, 1.82) is 0 Å². The van der Waals surface area contributed by atoms with Crippen molar-refractivity contribution < 1.29 is 9.53 Å². The van der Waals surface area contributed by atoms with E-state index in [0.29, 0.717) is 24.7 Å². The van der Waals surface area contributed by atoms with Crippen molar-refractivity contribution in [2.75, 3.05) is 26.2 Å². The average Bonchev–Trinajstić information content (AvgIpc) is 3.69. The van der Waals surface area contributed by atoms with Gasteiger partial charge in [0.25, 0.3) is 5.91 Å². The number of carbonyl (C=O) groups excluding carboxylic acids is 1. The number of rotatable bonds is 8. The molecule has 2 bridgehead atoms. The third kappa shape index (κ3) is 4.94. The Morgan fingerprint density at radius 3 is 2.43 bits per heavy atom. The Morgan fingerprint density at radius 2 is 1.69 bits per heavy atom. The summed E-state index contributed by atoms with van der Waals surface area (Å²) in [6.45, 7) is 7.43. The van der Waals surface area contributed by atoms with E-state index in [1.807, 2.05) is 18.4 Å². The summed E-state index contributed by atoms with van der Waals surface area (Å²) in [7, 11) is 0. The fourth-order valence-corrected chi connectivity index (χ4v) is 9.07. The smallest absolute Gasteiger partial charge is 0.267 e. The predicted octanol–water partition coefficient (Wildman–Crippen LogP) is 7.24. The van der Waals surface area contributed by atoms with E-state index < -0.39 is 0 Å². The van der Waals surface area contributed by atoms with Gasteiger partial charge in [-0.15, -0.1) is 11.3 Å². The molecule has 3 aliphatic heterocycles. The number of nitrogens with zero attached hydrogens (tertiary/aromatic N) is 4. The van der Waals surface area contributed by atoms with Crippen LogP contribution < -0.4 is 4.74 Å². The van der Waals surface area contributed by atoms with Crippen LogP contribution in [0.3, 0.4) is 0 Å². The predicted molar refractivity (Wildman–Crippen MR) is 170 cm³/mol. The summed E-state index contributed by atoms with van der Waals surface area (Å²) in [6.07, 6.45) is 8.18. The number of piperidine rings is 2. The van der Waals surface area contributed by atoms with Gasteiger partial charge in [-0.25, -0.2) is 4.98 Å². The molecule has 1 amide bonds. The molecule has 0 spiro atoms. The Bertz CT molecular complexity index is 1520. The standard InChI is InChI=1S/C35H42N4O2S/c1-3-41-32-15-22-42-33(32)34(40)37-19-16-35(17-20-37,26-9-5-4-6-10-26)18-21-38-27-13-14-28(38)24-29(23-27)39-25(2)36-30-11-7-8-12-31(30)39/h4-12,15,22,27-29H,3,13-14,16-21,23-24H2,1-2H3/t27-,28+,29+. The van der Waals surface area contributed by atoms with Gasteiger partial charge in [0, 0.05) is 31.2 Å². The Labute approximate surface area is 253 Å². The summed E-state index contributed by atoms with van der Waals surface area (Å²) < 4.78 is 8.27. The summed E-state index contributed by atoms with van der Waals surface area (Å²) in [5, 5.41) is 1.96. The molecule has 0 radical (unpaired) electrons. The van der Waals surface area contributed by atoms with Crippen molar-refractivity contribution in [3.05, 3.63) is 82.3 Å². The SMILES string of the molecule is CCOc1ccsc1C(=O)N1CCC(CCN2[C@@H]3CC[C@H]2C[C@@H](n2c(C)nc4ccccc42)C3)(c2ccccc2)CC1. The molecule has 0 saturated carbocycles. The summed E-state index contributed by atoms with van der Waals surface area (Å²) in [4.78, 5) is 24.0. The van der Waals surface area contributed by atoms with Crippen LogP contribution >= 0.6 is 11.3 Å². The summed E-state index contributed by atoms with van der Waals surface area (Å²) in [5.41, 5.74) is 3.94. The minimum absolute atomic E-state index is 0.101. The van der Waals surface area contributed by atoms with Gasteiger partial charge in [0.2, 0.25) is 0 Å². The van der Waals surface area contributed by atoms with Crippen LogP contribution in [0.5, 0.6) is 5.75 Å². The van der Waals surface area contributed by atoms with E-state index in [2.05, 4.69) is 75.9 Å². The summed E-state index contributed by atoms with van der Waals surface area (Å²) >= 11 is 1.50. The Kier molecular flexibility index (Phi) is 7.57. The first kappa shape index (κ1) is 27.7. The number of likely N-dealkylation sites (tertiary alicyclic amines) is 1. The molecule has 2 aromatic heterocycles. The van der Waals surface area contributed by atoms with Crippen molar-refractivity contribution in [2.24, 2.45) is 0 Å². The molecule has 7 rings (SSSR count). The third-order valence-electron chi connectivity index (χ3n) is 10.4. The molecule has 6 nitrogen and oxygen atoms in total. The Morgan fingerprint density at radius 1 is 0.976 bits per heavy atom. The normalized spacial score (nSPS) is 23.9. The van der Waals surface area contributed by atoms with Gasteiger partial charge < -0.3 is 14.2 Å². The highest BCUT2D eigenvalue weighted by Crippen LogP contribution is 2.45. The fraction of sp³-hybridized carbons (Fsp3) is 0.486. The first-order chi connectivity index (χ1) is 20.6. The topological polar surface area (TPSA) is 50.6 Å². The van der Waals surface area contributed by atoms with Gasteiger partial charge in [-0.1, -0.05) is 42.5 Å². The zero-order valence-electron chi connectivity index (χ0n) is 24.9. The van der Waals surface area contributed by atoms with Crippen LogP contribution in [0.25, 0.3) is 11.0 Å². The quantitative estimate of drug-likeness (QED) is 0.220. The van der Waals surface area contributed by atoms with Gasteiger partial charge in [0.15, 0.2) is 0 Å². The molecular weight excluding hydrogens is 540 g/mol. The number of benzene rings is 2. The van der Waals surface area contributed by atoms with Crippen LogP contribution in [0.4, 0.5) is 0 Å². The van der Waals surface area contributed by atoms with Gasteiger partial charge in [0.05, 0.1) is 17.6 Å². The number of amides is 1. The Balaban J connectivity index is 1.06. The zero-order chi connectivity index (χ0) is 28.7. The molecule has 3 fully saturated rings. The van der Waals surface area contributed by atoms with E-state index >= 15 is 0 Å². The maximum Gasteiger partial charge on any atom is 0.267 e. The van der Waals surface area contributed by atoms with Crippen LogP contribution in [0, 0.1) is 6.92 Å². The molecule has 3 atom stereocenters. The van der Waals surface area contributed by atoms with Crippen LogP contribution in [-0.2, 0) is 5.41 Å². The lowest BCUT2D eigenvalue weighted by Gasteiger charge is -2.45. The zero-order valence-corrected chi connectivity index (χ0v) is 25.7. The molecule has 42 heavy (non-hydrogen) atoms.